The lowest BCUT2D eigenvalue weighted by molar-refractivity contribution is 0.955. The standard InChI is InChI=1S/C51H31N5S/c1-4-16-32(17-5-1)39-31-43-47(38-24-11-13-25-41(38)55(43)35-20-8-3-9-21-35)48-46(39)37-23-10-14-26-42(37)56(48)51-53-49(33-18-6-2-7-19-33)52-50(54-51)34-28-29-45-40(30-34)36-22-12-15-27-44(36)57-45/h1-31H. The topological polar surface area (TPSA) is 48.5 Å². The summed E-state index contributed by atoms with van der Waals surface area (Å²) in [6, 6.07) is 66.6. The van der Waals surface area contributed by atoms with Gasteiger partial charge < -0.3 is 4.57 Å². The number of fused-ring (bicyclic) bond motifs is 10. The predicted octanol–water partition coefficient (Wildman–Crippen LogP) is 13.4. The third-order valence-corrected chi connectivity index (χ3v) is 12.3. The maximum absolute atomic E-state index is 5.43. The second-order valence-corrected chi connectivity index (χ2v) is 15.5. The smallest absolute Gasteiger partial charge is 0.238 e. The molecule has 266 valence electrons. The summed E-state index contributed by atoms with van der Waals surface area (Å²) in [6.07, 6.45) is 0. The Labute approximate surface area is 331 Å². The van der Waals surface area contributed by atoms with Crippen LogP contribution in [0.2, 0.25) is 0 Å². The monoisotopic (exact) mass is 745 g/mol. The van der Waals surface area contributed by atoms with Crippen molar-refractivity contribution in [2.75, 3.05) is 0 Å². The molecule has 0 unspecified atom stereocenters. The molecule has 0 fully saturated rings. The molecule has 0 amide bonds. The first-order valence-electron chi connectivity index (χ1n) is 19.1. The van der Waals surface area contributed by atoms with Crippen LogP contribution in [0, 0.1) is 0 Å². The van der Waals surface area contributed by atoms with E-state index in [9.17, 15) is 0 Å². The van der Waals surface area contributed by atoms with Crippen LogP contribution in [0.5, 0.6) is 0 Å². The van der Waals surface area contributed by atoms with Gasteiger partial charge >= 0.3 is 0 Å². The highest BCUT2D eigenvalue weighted by molar-refractivity contribution is 7.25. The van der Waals surface area contributed by atoms with E-state index in [2.05, 4.69) is 179 Å². The van der Waals surface area contributed by atoms with Gasteiger partial charge in [-0.15, -0.1) is 11.3 Å². The van der Waals surface area contributed by atoms with Crippen LogP contribution in [0.3, 0.4) is 0 Å². The molecular weight excluding hydrogens is 715 g/mol. The van der Waals surface area contributed by atoms with E-state index in [1.165, 1.54) is 20.2 Å². The van der Waals surface area contributed by atoms with E-state index in [0.717, 1.165) is 71.6 Å². The lowest BCUT2D eigenvalue weighted by Gasteiger charge is -2.13. The van der Waals surface area contributed by atoms with E-state index >= 15 is 0 Å². The van der Waals surface area contributed by atoms with Crippen LogP contribution in [0.15, 0.2) is 188 Å². The van der Waals surface area contributed by atoms with Crippen LogP contribution in [0.25, 0.3) is 109 Å². The van der Waals surface area contributed by atoms with Crippen molar-refractivity contribution in [2.24, 2.45) is 0 Å². The Balaban J connectivity index is 1.25. The van der Waals surface area contributed by atoms with Gasteiger partial charge in [0.15, 0.2) is 11.6 Å². The van der Waals surface area contributed by atoms with Crippen LogP contribution in [0.4, 0.5) is 0 Å². The molecule has 0 atom stereocenters. The molecule has 12 aromatic rings. The van der Waals surface area contributed by atoms with E-state index in [-0.39, 0.29) is 0 Å². The summed E-state index contributed by atoms with van der Waals surface area (Å²) < 4.78 is 7.19. The Morgan fingerprint density at radius 2 is 0.930 bits per heavy atom. The summed E-state index contributed by atoms with van der Waals surface area (Å²) in [6.45, 7) is 0. The lowest BCUT2D eigenvalue weighted by Crippen LogP contribution is -2.06. The molecule has 0 aliphatic heterocycles. The zero-order chi connectivity index (χ0) is 37.5. The molecule has 0 aliphatic carbocycles. The predicted molar refractivity (Wildman–Crippen MR) is 238 cm³/mol. The second-order valence-electron chi connectivity index (χ2n) is 14.4. The van der Waals surface area contributed by atoms with Gasteiger partial charge in [-0.3, -0.25) is 4.57 Å². The Morgan fingerprint density at radius 3 is 1.67 bits per heavy atom. The first kappa shape index (κ1) is 31.9. The van der Waals surface area contributed by atoms with Gasteiger partial charge in [0.1, 0.15) is 0 Å². The van der Waals surface area contributed by atoms with Gasteiger partial charge in [0.05, 0.1) is 22.1 Å². The molecule has 0 aliphatic rings. The molecular formula is C51H31N5S. The molecule has 0 spiro atoms. The molecule has 5 nitrogen and oxygen atoms in total. The fraction of sp³-hybridized carbons (Fsp3) is 0. The van der Waals surface area contributed by atoms with Crippen molar-refractivity contribution in [1.29, 1.82) is 0 Å². The number of para-hydroxylation sites is 3. The summed E-state index contributed by atoms with van der Waals surface area (Å²) >= 11 is 1.81. The number of rotatable bonds is 5. The summed E-state index contributed by atoms with van der Waals surface area (Å²) in [5.41, 5.74) is 9.64. The van der Waals surface area contributed by atoms with Gasteiger partial charge in [-0.05, 0) is 65.7 Å². The molecule has 8 aromatic carbocycles. The Hall–Kier alpha value is -7.41. The fourth-order valence-corrected chi connectivity index (χ4v) is 9.77. The molecule has 6 heteroatoms. The first-order chi connectivity index (χ1) is 28.3. The minimum Gasteiger partial charge on any atom is -0.309 e. The second kappa shape index (κ2) is 12.6. The molecule has 12 rings (SSSR count). The van der Waals surface area contributed by atoms with Crippen LogP contribution in [-0.4, -0.2) is 24.1 Å². The lowest BCUT2D eigenvalue weighted by atomic mass is 9.97. The van der Waals surface area contributed by atoms with Crippen molar-refractivity contribution in [3.63, 3.8) is 0 Å². The van der Waals surface area contributed by atoms with Crippen LogP contribution in [0.1, 0.15) is 0 Å². The van der Waals surface area contributed by atoms with Gasteiger partial charge in [0.2, 0.25) is 5.95 Å². The Kier molecular flexibility index (Phi) is 7.03. The molecule has 0 saturated carbocycles. The van der Waals surface area contributed by atoms with Gasteiger partial charge in [-0.1, -0.05) is 133 Å². The maximum atomic E-state index is 5.43. The van der Waals surface area contributed by atoms with Crippen LogP contribution < -0.4 is 0 Å². The van der Waals surface area contributed by atoms with Gasteiger partial charge in [0.25, 0.3) is 0 Å². The number of aromatic nitrogens is 5. The zero-order valence-corrected chi connectivity index (χ0v) is 31.4. The van der Waals surface area contributed by atoms with Crippen molar-refractivity contribution in [1.82, 2.24) is 24.1 Å². The van der Waals surface area contributed by atoms with Crippen LogP contribution in [-0.2, 0) is 0 Å². The number of nitrogens with zero attached hydrogens (tertiary/aromatic N) is 5. The molecule has 57 heavy (non-hydrogen) atoms. The SMILES string of the molecule is c1ccc(-c2nc(-c3ccc4sc5ccccc5c4c3)nc(-n3c4ccccc4c4c(-c5ccccc5)cc5c(c6ccccc6n5-c5ccccc5)c43)n2)cc1. The van der Waals surface area contributed by atoms with E-state index in [0.29, 0.717) is 17.6 Å². The average Bonchev–Trinajstić information content (AvgIpc) is 3.94. The third kappa shape index (κ3) is 4.91. The number of hydrogen-bond acceptors (Lipinski definition) is 4. The highest BCUT2D eigenvalue weighted by Gasteiger charge is 2.26. The molecule has 0 N–H and O–H groups in total. The Bertz CT molecular complexity index is 3510. The summed E-state index contributed by atoms with van der Waals surface area (Å²) in [7, 11) is 0. The van der Waals surface area contributed by atoms with Crippen molar-refractivity contribution in [2.45, 2.75) is 0 Å². The van der Waals surface area contributed by atoms with Crippen molar-refractivity contribution < 1.29 is 0 Å². The fourth-order valence-electron chi connectivity index (χ4n) is 8.69. The van der Waals surface area contributed by atoms with E-state index in [1.807, 2.05) is 29.5 Å². The molecule has 0 radical (unpaired) electrons. The summed E-state index contributed by atoms with van der Waals surface area (Å²) in [5, 5.41) is 7.06. The van der Waals surface area contributed by atoms with Crippen LogP contribution >= 0.6 is 11.3 Å². The highest BCUT2D eigenvalue weighted by atomic mass is 32.1. The molecule has 4 aromatic heterocycles. The normalized spacial score (nSPS) is 11.9. The molecule has 0 bridgehead atoms. The molecule has 4 heterocycles. The van der Waals surface area contributed by atoms with Gasteiger partial charge in [-0.2, -0.15) is 9.97 Å². The average molecular weight is 746 g/mol. The zero-order valence-electron chi connectivity index (χ0n) is 30.5. The van der Waals surface area contributed by atoms with E-state index < -0.39 is 0 Å². The summed E-state index contributed by atoms with van der Waals surface area (Å²) in [5.74, 6) is 1.83. The minimum absolute atomic E-state index is 0.573. The van der Waals surface area contributed by atoms with Gasteiger partial charge in [0, 0.05) is 58.5 Å². The number of benzene rings is 8. The van der Waals surface area contributed by atoms with E-state index in [1.54, 1.807) is 0 Å². The minimum atomic E-state index is 0.573. The Morgan fingerprint density at radius 1 is 0.368 bits per heavy atom. The van der Waals surface area contributed by atoms with Crippen molar-refractivity contribution >= 4 is 75.1 Å². The number of thiophene rings is 1. The molecule has 0 saturated heterocycles. The third-order valence-electron chi connectivity index (χ3n) is 11.2. The van der Waals surface area contributed by atoms with Crippen molar-refractivity contribution in [3.05, 3.63) is 188 Å². The number of hydrogen-bond donors (Lipinski definition) is 0. The summed E-state index contributed by atoms with van der Waals surface area (Å²) in [4.78, 5) is 16.0. The maximum Gasteiger partial charge on any atom is 0.238 e. The highest BCUT2D eigenvalue weighted by Crippen LogP contribution is 2.46. The van der Waals surface area contributed by atoms with Crippen molar-refractivity contribution in [3.8, 4) is 45.5 Å². The van der Waals surface area contributed by atoms with Gasteiger partial charge in [-0.25, -0.2) is 4.98 Å². The quantitative estimate of drug-likeness (QED) is 0.176. The first-order valence-corrected chi connectivity index (χ1v) is 19.9. The van der Waals surface area contributed by atoms with E-state index in [4.69, 9.17) is 15.0 Å². The largest absolute Gasteiger partial charge is 0.309 e.